The predicted molar refractivity (Wildman–Crippen MR) is 127 cm³/mol. The SMILES string of the molecule is COc1ccc(C2=CC=C(C(=O)N3CCC(c4ccccc4C(=O)O)CC3)C(Cl)=CC2)cn1. The van der Waals surface area contributed by atoms with Gasteiger partial charge in [0, 0.05) is 30.4 Å². The van der Waals surface area contributed by atoms with Crippen LogP contribution >= 0.6 is 11.6 Å². The molecule has 7 heteroatoms. The van der Waals surface area contributed by atoms with E-state index in [2.05, 4.69) is 4.98 Å². The summed E-state index contributed by atoms with van der Waals surface area (Å²) in [5.74, 6) is -0.363. The highest BCUT2D eigenvalue weighted by Gasteiger charge is 2.28. The Morgan fingerprint density at radius 1 is 1.12 bits per heavy atom. The number of carboxylic acids is 1. The van der Waals surface area contributed by atoms with Crippen molar-refractivity contribution in [2.75, 3.05) is 20.2 Å². The maximum absolute atomic E-state index is 13.2. The van der Waals surface area contributed by atoms with E-state index < -0.39 is 5.97 Å². The number of pyridine rings is 1. The van der Waals surface area contributed by atoms with Crippen LogP contribution in [0.3, 0.4) is 0 Å². The zero-order valence-corrected chi connectivity index (χ0v) is 19.1. The van der Waals surface area contributed by atoms with Gasteiger partial charge in [-0.05, 0) is 60.1 Å². The van der Waals surface area contributed by atoms with Crippen LogP contribution in [0.15, 0.2) is 71.4 Å². The molecule has 2 heterocycles. The smallest absolute Gasteiger partial charge is 0.335 e. The number of rotatable bonds is 5. The highest BCUT2D eigenvalue weighted by molar-refractivity contribution is 6.35. The normalized spacial score (nSPS) is 16.9. The minimum Gasteiger partial charge on any atom is -0.481 e. The number of aromatic carboxylic acids is 1. The number of carbonyl (C=O) groups is 2. The Morgan fingerprint density at radius 3 is 2.55 bits per heavy atom. The number of allylic oxidation sites excluding steroid dienone is 4. The number of hydrogen-bond acceptors (Lipinski definition) is 4. The van der Waals surface area contributed by atoms with Gasteiger partial charge >= 0.3 is 5.97 Å². The van der Waals surface area contributed by atoms with Crippen molar-refractivity contribution >= 4 is 29.1 Å². The van der Waals surface area contributed by atoms with Gasteiger partial charge in [0.1, 0.15) is 0 Å². The van der Waals surface area contributed by atoms with E-state index in [1.54, 1.807) is 42.5 Å². The molecule has 6 nitrogen and oxygen atoms in total. The molecule has 0 unspecified atom stereocenters. The van der Waals surface area contributed by atoms with Crippen LogP contribution < -0.4 is 4.74 Å². The lowest BCUT2D eigenvalue weighted by Crippen LogP contribution is -2.39. The van der Waals surface area contributed by atoms with E-state index in [1.807, 2.05) is 30.4 Å². The molecule has 33 heavy (non-hydrogen) atoms. The summed E-state index contributed by atoms with van der Waals surface area (Å²) in [4.78, 5) is 30.9. The highest BCUT2D eigenvalue weighted by atomic mass is 35.5. The molecule has 1 aromatic carbocycles. The van der Waals surface area contributed by atoms with Crippen molar-refractivity contribution in [3.8, 4) is 5.88 Å². The average molecular weight is 465 g/mol. The lowest BCUT2D eigenvalue weighted by molar-refractivity contribution is -0.127. The van der Waals surface area contributed by atoms with Gasteiger partial charge in [-0.15, -0.1) is 0 Å². The molecule has 2 aromatic rings. The van der Waals surface area contributed by atoms with Gasteiger partial charge < -0.3 is 14.7 Å². The van der Waals surface area contributed by atoms with Crippen LogP contribution in [0.2, 0.25) is 0 Å². The molecule has 0 radical (unpaired) electrons. The molecule has 1 N–H and O–H groups in total. The molecule has 1 aromatic heterocycles. The molecule has 1 amide bonds. The van der Waals surface area contributed by atoms with Crippen molar-refractivity contribution in [2.45, 2.75) is 25.2 Å². The Bertz CT molecular complexity index is 1140. The van der Waals surface area contributed by atoms with Crippen LogP contribution in [0, 0.1) is 0 Å². The van der Waals surface area contributed by atoms with Gasteiger partial charge in [-0.2, -0.15) is 0 Å². The molecular formula is C26H25ClN2O4. The number of aromatic nitrogens is 1. The second-order valence-corrected chi connectivity index (χ2v) is 8.48. The number of ether oxygens (including phenoxy) is 1. The molecule has 2 aliphatic rings. The maximum Gasteiger partial charge on any atom is 0.335 e. The van der Waals surface area contributed by atoms with Crippen LogP contribution in [0.1, 0.15) is 46.7 Å². The summed E-state index contributed by atoms with van der Waals surface area (Å²) in [6.07, 6.45) is 9.30. The second-order valence-electron chi connectivity index (χ2n) is 8.08. The first-order valence-corrected chi connectivity index (χ1v) is 11.2. The molecule has 0 atom stereocenters. The van der Waals surface area contributed by atoms with Gasteiger partial charge in [0.15, 0.2) is 0 Å². The van der Waals surface area contributed by atoms with Crippen molar-refractivity contribution in [3.05, 3.63) is 88.1 Å². The van der Waals surface area contributed by atoms with Gasteiger partial charge in [0.05, 0.1) is 18.2 Å². The summed E-state index contributed by atoms with van der Waals surface area (Å²) in [6, 6.07) is 10.8. The first kappa shape index (κ1) is 22.8. The Balaban J connectivity index is 1.47. The lowest BCUT2D eigenvalue weighted by atomic mass is 9.86. The van der Waals surface area contributed by atoms with Crippen LogP contribution in [-0.2, 0) is 4.79 Å². The topological polar surface area (TPSA) is 79.7 Å². The summed E-state index contributed by atoms with van der Waals surface area (Å²) in [6.45, 7) is 1.11. The van der Waals surface area contributed by atoms with Crippen LogP contribution in [0.25, 0.3) is 5.57 Å². The first-order chi connectivity index (χ1) is 16.0. The molecule has 1 saturated heterocycles. The Morgan fingerprint density at radius 2 is 1.88 bits per heavy atom. The molecule has 1 aliphatic heterocycles. The average Bonchev–Trinajstić information content (AvgIpc) is 3.05. The highest BCUT2D eigenvalue weighted by Crippen LogP contribution is 2.33. The molecule has 0 spiro atoms. The summed E-state index contributed by atoms with van der Waals surface area (Å²) >= 11 is 6.49. The lowest BCUT2D eigenvalue weighted by Gasteiger charge is -2.33. The summed E-state index contributed by atoms with van der Waals surface area (Å²) in [5, 5.41) is 9.92. The third-order valence-corrected chi connectivity index (χ3v) is 6.53. The molecular weight excluding hydrogens is 440 g/mol. The number of likely N-dealkylation sites (tertiary alicyclic amines) is 1. The predicted octanol–water partition coefficient (Wildman–Crippen LogP) is 5.03. The summed E-state index contributed by atoms with van der Waals surface area (Å²) in [7, 11) is 1.57. The zero-order valence-electron chi connectivity index (χ0n) is 18.3. The van der Waals surface area contributed by atoms with Crippen molar-refractivity contribution in [1.82, 2.24) is 9.88 Å². The van der Waals surface area contributed by atoms with Crippen LogP contribution in [0.5, 0.6) is 5.88 Å². The van der Waals surface area contributed by atoms with Gasteiger partial charge in [-0.25, -0.2) is 9.78 Å². The number of piperidine rings is 1. The molecule has 4 rings (SSSR count). The maximum atomic E-state index is 13.2. The van der Waals surface area contributed by atoms with Crippen molar-refractivity contribution in [3.63, 3.8) is 0 Å². The zero-order chi connectivity index (χ0) is 23.4. The Labute approximate surface area is 197 Å². The first-order valence-electron chi connectivity index (χ1n) is 10.9. The molecule has 1 aliphatic carbocycles. The van der Waals surface area contributed by atoms with E-state index in [1.165, 1.54) is 0 Å². The van der Waals surface area contributed by atoms with Gasteiger partial charge in [-0.1, -0.05) is 42.0 Å². The van der Waals surface area contributed by atoms with Crippen LogP contribution in [-0.4, -0.2) is 47.1 Å². The summed E-state index contributed by atoms with van der Waals surface area (Å²) in [5.41, 5.74) is 3.60. The number of amides is 1. The van der Waals surface area contributed by atoms with E-state index >= 15 is 0 Å². The monoisotopic (exact) mass is 464 g/mol. The van der Waals surface area contributed by atoms with E-state index in [0.717, 1.165) is 16.7 Å². The second kappa shape index (κ2) is 10.0. The fourth-order valence-electron chi connectivity index (χ4n) is 4.33. The quantitative estimate of drug-likeness (QED) is 0.671. The Hall–Kier alpha value is -3.38. The summed E-state index contributed by atoms with van der Waals surface area (Å²) < 4.78 is 5.11. The van der Waals surface area contributed by atoms with E-state index in [9.17, 15) is 14.7 Å². The number of halogens is 1. The van der Waals surface area contributed by atoms with Crippen molar-refractivity contribution in [1.29, 1.82) is 0 Å². The van der Waals surface area contributed by atoms with Crippen LogP contribution in [0.4, 0.5) is 0 Å². The van der Waals surface area contributed by atoms with Crippen molar-refractivity contribution < 1.29 is 19.4 Å². The Kier molecular flexibility index (Phi) is 6.94. The fourth-order valence-corrected chi connectivity index (χ4v) is 4.55. The van der Waals surface area contributed by atoms with Gasteiger partial charge in [0.25, 0.3) is 5.91 Å². The number of carboxylic acid groups (broad SMARTS) is 1. The minimum absolute atomic E-state index is 0.105. The minimum atomic E-state index is -0.917. The molecule has 0 bridgehead atoms. The molecule has 170 valence electrons. The largest absolute Gasteiger partial charge is 0.481 e. The molecule has 0 saturated carbocycles. The third-order valence-electron chi connectivity index (χ3n) is 6.17. The number of benzene rings is 1. The van der Waals surface area contributed by atoms with E-state index in [0.29, 0.717) is 54.4 Å². The third kappa shape index (κ3) is 5.01. The van der Waals surface area contributed by atoms with Gasteiger partial charge in [-0.3, -0.25) is 4.79 Å². The molecule has 1 fully saturated rings. The number of methoxy groups -OCH3 is 1. The number of carbonyl (C=O) groups excluding carboxylic acids is 1. The standard InChI is InChI=1S/C26H25ClN2O4/c1-33-24-11-8-19(16-28-24)17-6-9-22(23(27)10-7-17)25(30)29-14-12-18(13-15-29)20-4-2-3-5-21(20)26(31)32/h2-6,8-11,16,18H,7,12-15H2,1H3,(H,31,32). The van der Waals surface area contributed by atoms with E-state index in [4.69, 9.17) is 16.3 Å². The number of nitrogens with zero attached hydrogens (tertiary/aromatic N) is 2. The van der Waals surface area contributed by atoms with Gasteiger partial charge in [0.2, 0.25) is 5.88 Å². The fraction of sp³-hybridized carbons (Fsp3) is 0.269. The number of hydrogen-bond donors (Lipinski definition) is 1. The van der Waals surface area contributed by atoms with Crippen molar-refractivity contribution in [2.24, 2.45) is 0 Å². The van der Waals surface area contributed by atoms with E-state index in [-0.39, 0.29) is 11.8 Å².